The zero-order valence-electron chi connectivity index (χ0n) is 17.2. The largest absolute Gasteiger partial charge is 0.363 e. The van der Waals surface area contributed by atoms with Gasteiger partial charge in [-0.3, -0.25) is 14.4 Å². The quantitative estimate of drug-likeness (QED) is 0.465. The van der Waals surface area contributed by atoms with E-state index in [-0.39, 0.29) is 6.42 Å². The molecule has 2 aromatic carbocycles. The van der Waals surface area contributed by atoms with Crippen LogP contribution < -0.4 is 11.1 Å². The molecule has 7 nitrogen and oxygen atoms in total. The van der Waals surface area contributed by atoms with Gasteiger partial charge in [-0.25, -0.2) is 4.98 Å². The maximum absolute atomic E-state index is 12.5. The van der Waals surface area contributed by atoms with Crippen molar-refractivity contribution in [3.05, 3.63) is 78.9 Å². The minimum absolute atomic E-state index is 0.270. The number of imidazole rings is 1. The topological polar surface area (TPSA) is 107 Å². The predicted molar refractivity (Wildman–Crippen MR) is 117 cm³/mol. The Bertz CT molecular complexity index is 1060. The number of hydrogen-bond donors (Lipinski definition) is 2. The van der Waals surface area contributed by atoms with Crippen molar-refractivity contribution < 1.29 is 14.4 Å². The van der Waals surface area contributed by atoms with Crippen molar-refractivity contribution in [3.8, 4) is 0 Å². The molecule has 1 atom stereocenters. The number of hydrogen-bond acceptors (Lipinski definition) is 4. The fraction of sp³-hybridized carbons (Fsp3) is 0.217. The molecule has 1 heterocycles. The summed E-state index contributed by atoms with van der Waals surface area (Å²) in [5.41, 5.74) is 6.35. The minimum atomic E-state index is -1.06. The number of nitrogens with two attached hydrogens (primary N) is 1. The predicted octanol–water partition coefficient (Wildman–Crippen LogP) is 2.84. The number of nitrogens with zero attached hydrogens (tertiary/aromatic N) is 2. The second-order valence-electron chi connectivity index (χ2n) is 6.66. The third-order valence-corrected chi connectivity index (χ3v) is 4.38. The number of ketones is 1. The first kappa shape index (κ1) is 22.5. The molecular weight excluding hydrogens is 380 g/mol. The summed E-state index contributed by atoms with van der Waals surface area (Å²) in [6.07, 6.45) is 5.01. The first-order valence-corrected chi connectivity index (χ1v) is 9.60. The molecule has 0 spiro atoms. The van der Waals surface area contributed by atoms with Crippen LogP contribution in [0.1, 0.15) is 36.3 Å². The number of carbonyl (C=O) groups is 3. The van der Waals surface area contributed by atoms with Gasteiger partial charge in [-0.05, 0) is 35.7 Å². The molecule has 0 aliphatic rings. The van der Waals surface area contributed by atoms with Crippen molar-refractivity contribution in [1.82, 2.24) is 14.9 Å². The van der Waals surface area contributed by atoms with Gasteiger partial charge < -0.3 is 15.6 Å². The Balaban J connectivity index is 0.00000101. The number of amides is 2. The highest BCUT2D eigenvalue weighted by Crippen LogP contribution is 2.17. The highest BCUT2D eigenvalue weighted by atomic mass is 16.2. The van der Waals surface area contributed by atoms with Crippen LogP contribution in [0.3, 0.4) is 0 Å². The highest BCUT2D eigenvalue weighted by molar-refractivity contribution is 6.37. The van der Waals surface area contributed by atoms with Gasteiger partial charge in [0.05, 0.1) is 18.6 Å². The standard InChI is InChI=1S/C20H20N4O3.C3H6/c1-2-16(18(25)19(21)26)23-20(27)17-10-22-12-24(17)11-13-7-8-14-5-3-4-6-15(14)9-13;1-3-2/h3-10,12,16H,2,11H2,1H3,(H2,21,26)(H,23,27);3H,1H2,2H3. The van der Waals surface area contributed by atoms with Gasteiger partial charge in [-0.15, -0.1) is 6.58 Å². The van der Waals surface area contributed by atoms with Gasteiger partial charge in [-0.2, -0.15) is 0 Å². The summed E-state index contributed by atoms with van der Waals surface area (Å²) in [5.74, 6) is -2.35. The van der Waals surface area contributed by atoms with E-state index < -0.39 is 23.6 Å². The van der Waals surface area contributed by atoms with E-state index in [2.05, 4.69) is 22.9 Å². The lowest BCUT2D eigenvalue weighted by Gasteiger charge is -2.15. The van der Waals surface area contributed by atoms with Crippen molar-refractivity contribution >= 4 is 28.4 Å². The molecule has 1 aromatic heterocycles. The maximum atomic E-state index is 12.5. The highest BCUT2D eigenvalue weighted by Gasteiger charge is 2.24. The zero-order chi connectivity index (χ0) is 22.1. The molecule has 3 N–H and O–H groups in total. The van der Waals surface area contributed by atoms with Gasteiger partial charge in [0.15, 0.2) is 0 Å². The van der Waals surface area contributed by atoms with E-state index >= 15 is 0 Å². The number of fused-ring (bicyclic) bond motifs is 1. The lowest BCUT2D eigenvalue weighted by Crippen LogP contribution is -2.46. The molecule has 0 saturated heterocycles. The lowest BCUT2D eigenvalue weighted by molar-refractivity contribution is -0.137. The van der Waals surface area contributed by atoms with E-state index in [9.17, 15) is 14.4 Å². The molecule has 156 valence electrons. The molecule has 0 aliphatic heterocycles. The van der Waals surface area contributed by atoms with Crippen LogP contribution in [0.25, 0.3) is 10.8 Å². The van der Waals surface area contributed by atoms with E-state index in [1.165, 1.54) is 6.20 Å². The van der Waals surface area contributed by atoms with Gasteiger partial charge in [0, 0.05) is 6.54 Å². The van der Waals surface area contributed by atoms with Crippen LogP contribution in [0, 0.1) is 0 Å². The van der Waals surface area contributed by atoms with Crippen molar-refractivity contribution in [1.29, 1.82) is 0 Å². The summed E-state index contributed by atoms with van der Waals surface area (Å²) in [6.45, 7) is 7.40. The van der Waals surface area contributed by atoms with Crippen molar-refractivity contribution in [2.75, 3.05) is 0 Å². The van der Waals surface area contributed by atoms with Crippen LogP contribution in [0.4, 0.5) is 0 Å². The molecule has 0 bridgehead atoms. The summed E-state index contributed by atoms with van der Waals surface area (Å²) in [6, 6.07) is 13.2. The maximum Gasteiger partial charge on any atom is 0.287 e. The summed E-state index contributed by atoms with van der Waals surface area (Å²) in [7, 11) is 0. The monoisotopic (exact) mass is 406 g/mol. The van der Waals surface area contributed by atoms with Crippen LogP contribution in [0.15, 0.2) is 67.6 Å². The van der Waals surface area contributed by atoms with E-state index in [1.807, 2.05) is 43.3 Å². The number of allylic oxidation sites excluding steroid dienone is 1. The molecule has 1 unspecified atom stereocenters. The normalized spacial score (nSPS) is 11.1. The van der Waals surface area contributed by atoms with Crippen LogP contribution in [-0.2, 0) is 16.1 Å². The molecule has 3 aromatic rings. The van der Waals surface area contributed by atoms with Crippen LogP contribution in [-0.4, -0.2) is 33.2 Å². The number of aromatic nitrogens is 2. The Hall–Kier alpha value is -3.74. The first-order valence-electron chi connectivity index (χ1n) is 9.60. The average molecular weight is 406 g/mol. The number of primary amides is 1. The Kier molecular flexibility index (Phi) is 8.05. The molecule has 0 radical (unpaired) electrons. The van der Waals surface area contributed by atoms with E-state index in [4.69, 9.17) is 5.73 Å². The second-order valence-corrected chi connectivity index (χ2v) is 6.66. The number of Topliss-reactive ketones (excluding diaryl/α,β-unsaturated/α-hetero) is 1. The van der Waals surface area contributed by atoms with Gasteiger partial charge in [0.2, 0.25) is 5.78 Å². The van der Waals surface area contributed by atoms with E-state index in [0.717, 1.165) is 16.3 Å². The van der Waals surface area contributed by atoms with Crippen LogP contribution in [0.5, 0.6) is 0 Å². The molecule has 30 heavy (non-hydrogen) atoms. The molecule has 0 aliphatic carbocycles. The SMILES string of the molecule is C=CC.CCC(NC(=O)c1cncn1Cc1ccc2ccccc2c1)C(=O)C(N)=O. The Morgan fingerprint density at radius 2 is 1.87 bits per heavy atom. The fourth-order valence-electron chi connectivity index (χ4n) is 2.93. The van der Waals surface area contributed by atoms with Gasteiger partial charge in [-0.1, -0.05) is 49.4 Å². The van der Waals surface area contributed by atoms with Crippen LogP contribution in [0.2, 0.25) is 0 Å². The second kappa shape index (κ2) is 10.7. The van der Waals surface area contributed by atoms with Crippen molar-refractivity contribution in [2.45, 2.75) is 32.9 Å². The van der Waals surface area contributed by atoms with E-state index in [1.54, 1.807) is 23.9 Å². The number of carbonyl (C=O) groups excluding carboxylic acids is 3. The average Bonchev–Trinajstić information content (AvgIpc) is 3.20. The van der Waals surface area contributed by atoms with Crippen LogP contribution >= 0.6 is 0 Å². The summed E-state index contributed by atoms with van der Waals surface area (Å²) in [4.78, 5) is 39.4. The lowest BCUT2D eigenvalue weighted by atomic mass is 10.1. The third kappa shape index (κ3) is 5.64. The zero-order valence-corrected chi connectivity index (χ0v) is 17.2. The smallest absolute Gasteiger partial charge is 0.287 e. The molecular formula is C23H26N4O3. The minimum Gasteiger partial charge on any atom is -0.363 e. The number of nitrogens with one attached hydrogen (secondary N) is 1. The third-order valence-electron chi connectivity index (χ3n) is 4.38. The molecule has 7 heteroatoms. The molecule has 2 amide bonds. The summed E-state index contributed by atoms with van der Waals surface area (Å²) >= 11 is 0. The van der Waals surface area contributed by atoms with Gasteiger partial charge >= 0.3 is 0 Å². The first-order chi connectivity index (χ1) is 14.4. The Morgan fingerprint density at radius 1 is 1.20 bits per heavy atom. The van der Waals surface area contributed by atoms with Gasteiger partial charge in [0.25, 0.3) is 11.8 Å². The molecule has 0 saturated carbocycles. The van der Waals surface area contributed by atoms with Crippen molar-refractivity contribution in [3.63, 3.8) is 0 Å². The van der Waals surface area contributed by atoms with E-state index in [0.29, 0.717) is 12.2 Å². The van der Waals surface area contributed by atoms with Crippen molar-refractivity contribution in [2.24, 2.45) is 5.73 Å². The molecule has 0 fully saturated rings. The molecule has 3 rings (SSSR count). The van der Waals surface area contributed by atoms with Gasteiger partial charge in [0.1, 0.15) is 5.69 Å². The Labute approximate surface area is 175 Å². The summed E-state index contributed by atoms with van der Waals surface area (Å²) in [5, 5.41) is 4.81. The fourth-order valence-corrected chi connectivity index (χ4v) is 2.93. The Morgan fingerprint density at radius 3 is 2.50 bits per heavy atom. The number of rotatable bonds is 7. The number of benzene rings is 2. The summed E-state index contributed by atoms with van der Waals surface area (Å²) < 4.78 is 1.70.